The summed E-state index contributed by atoms with van der Waals surface area (Å²) in [7, 11) is 0. The Morgan fingerprint density at radius 1 is 1.04 bits per heavy atom. The number of aromatic nitrogens is 2. The SMILES string of the molecule is Fc1cc2ncnc(Nc3ccc(OCc4ccccc4)c(Br)c3)c2cc1Cl. The molecule has 0 aliphatic rings. The van der Waals surface area contributed by atoms with Gasteiger partial charge in [-0.25, -0.2) is 14.4 Å². The first-order valence-corrected chi connectivity index (χ1v) is 9.60. The summed E-state index contributed by atoms with van der Waals surface area (Å²) in [4.78, 5) is 8.34. The molecule has 0 spiro atoms. The quantitative estimate of drug-likeness (QED) is 0.370. The Bertz CT molecular complexity index is 1140. The van der Waals surface area contributed by atoms with Crippen LogP contribution in [0, 0.1) is 5.82 Å². The van der Waals surface area contributed by atoms with E-state index in [1.54, 1.807) is 0 Å². The minimum absolute atomic E-state index is 0.0243. The van der Waals surface area contributed by atoms with Crippen LogP contribution in [0.15, 0.2) is 71.5 Å². The van der Waals surface area contributed by atoms with Crippen molar-refractivity contribution in [3.05, 3.63) is 87.9 Å². The van der Waals surface area contributed by atoms with Gasteiger partial charge in [0, 0.05) is 17.1 Å². The van der Waals surface area contributed by atoms with E-state index in [1.807, 2.05) is 48.5 Å². The first-order valence-electron chi connectivity index (χ1n) is 8.43. The van der Waals surface area contributed by atoms with Crippen molar-refractivity contribution in [3.63, 3.8) is 0 Å². The number of hydrogen-bond donors (Lipinski definition) is 1. The second kappa shape index (κ2) is 8.12. The number of anilines is 2. The Kier molecular flexibility index (Phi) is 5.41. The Labute approximate surface area is 174 Å². The summed E-state index contributed by atoms with van der Waals surface area (Å²) < 4.78 is 20.3. The molecule has 0 aliphatic carbocycles. The van der Waals surface area contributed by atoms with Crippen LogP contribution < -0.4 is 10.1 Å². The van der Waals surface area contributed by atoms with Gasteiger partial charge in [-0.3, -0.25) is 0 Å². The molecule has 7 heteroatoms. The van der Waals surface area contributed by atoms with E-state index in [0.29, 0.717) is 23.3 Å². The largest absolute Gasteiger partial charge is 0.488 e. The summed E-state index contributed by atoms with van der Waals surface area (Å²) in [6, 6.07) is 18.4. The van der Waals surface area contributed by atoms with Crippen molar-refractivity contribution in [2.24, 2.45) is 0 Å². The van der Waals surface area contributed by atoms with Crippen LogP contribution in [-0.2, 0) is 6.61 Å². The van der Waals surface area contributed by atoms with Gasteiger partial charge in [0.2, 0.25) is 0 Å². The number of nitrogens with zero attached hydrogens (tertiary/aromatic N) is 2. The predicted octanol–water partition coefficient (Wildman–Crippen LogP) is 6.51. The molecule has 28 heavy (non-hydrogen) atoms. The zero-order valence-electron chi connectivity index (χ0n) is 14.5. The molecule has 0 atom stereocenters. The Hall–Kier alpha value is -2.70. The van der Waals surface area contributed by atoms with E-state index >= 15 is 0 Å². The summed E-state index contributed by atoms with van der Waals surface area (Å²) >= 11 is 9.45. The third kappa shape index (κ3) is 4.08. The normalized spacial score (nSPS) is 10.8. The van der Waals surface area contributed by atoms with Crippen molar-refractivity contribution in [1.82, 2.24) is 9.97 Å². The highest BCUT2D eigenvalue weighted by atomic mass is 79.9. The summed E-state index contributed by atoms with van der Waals surface area (Å²) in [6.07, 6.45) is 1.38. The first-order chi connectivity index (χ1) is 13.6. The maximum absolute atomic E-state index is 13.7. The molecule has 1 heterocycles. The zero-order chi connectivity index (χ0) is 19.5. The lowest BCUT2D eigenvalue weighted by molar-refractivity contribution is 0.304. The van der Waals surface area contributed by atoms with Crippen molar-refractivity contribution < 1.29 is 9.13 Å². The highest BCUT2D eigenvalue weighted by Gasteiger charge is 2.10. The molecule has 4 aromatic rings. The van der Waals surface area contributed by atoms with Gasteiger partial charge < -0.3 is 10.1 Å². The van der Waals surface area contributed by atoms with Gasteiger partial charge in [-0.2, -0.15) is 0 Å². The number of rotatable bonds is 5. The molecule has 0 saturated heterocycles. The maximum atomic E-state index is 13.7. The predicted molar refractivity (Wildman–Crippen MR) is 113 cm³/mol. The minimum Gasteiger partial charge on any atom is -0.488 e. The Morgan fingerprint density at radius 2 is 1.86 bits per heavy atom. The topological polar surface area (TPSA) is 47.0 Å². The fourth-order valence-electron chi connectivity index (χ4n) is 2.72. The third-order valence-electron chi connectivity index (χ3n) is 4.11. The first kappa shape index (κ1) is 18.7. The van der Waals surface area contributed by atoms with Crippen LogP contribution in [0.25, 0.3) is 10.9 Å². The molecule has 1 aromatic heterocycles. The fourth-order valence-corrected chi connectivity index (χ4v) is 3.38. The highest BCUT2D eigenvalue weighted by molar-refractivity contribution is 9.10. The van der Waals surface area contributed by atoms with Gasteiger partial charge in [0.1, 0.15) is 30.3 Å². The highest BCUT2D eigenvalue weighted by Crippen LogP contribution is 2.32. The monoisotopic (exact) mass is 457 g/mol. The fraction of sp³-hybridized carbons (Fsp3) is 0.0476. The van der Waals surface area contributed by atoms with E-state index < -0.39 is 5.82 Å². The van der Waals surface area contributed by atoms with Gasteiger partial charge in [-0.05, 0) is 45.8 Å². The van der Waals surface area contributed by atoms with Crippen molar-refractivity contribution in [1.29, 1.82) is 0 Å². The molecule has 1 N–H and O–H groups in total. The average molecular weight is 459 g/mol. The van der Waals surface area contributed by atoms with Crippen LogP contribution in [0.5, 0.6) is 5.75 Å². The molecule has 0 aliphatic heterocycles. The van der Waals surface area contributed by atoms with Gasteiger partial charge in [-0.15, -0.1) is 0 Å². The average Bonchev–Trinajstić information content (AvgIpc) is 2.70. The second-order valence-electron chi connectivity index (χ2n) is 6.05. The van der Waals surface area contributed by atoms with Crippen LogP contribution in [0.2, 0.25) is 5.02 Å². The van der Waals surface area contributed by atoms with Crippen molar-refractivity contribution in [3.8, 4) is 5.75 Å². The summed E-state index contributed by atoms with van der Waals surface area (Å²) in [5.41, 5.74) is 2.36. The number of benzene rings is 3. The van der Waals surface area contributed by atoms with Gasteiger partial charge >= 0.3 is 0 Å². The minimum atomic E-state index is -0.513. The second-order valence-corrected chi connectivity index (χ2v) is 7.31. The van der Waals surface area contributed by atoms with Crippen LogP contribution in [0.3, 0.4) is 0 Å². The van der Waals surface area contributed by atoms with Gasteiger partial charge in [0.15, 0.2) is 0 Å². The van der Waals surface area contributed by atoms with Gasteiger partial charge in [0.05, 0.1) is 15.0 Å². The molecule has 0 bridgehead atoms. The van der Waals surface area contributed by atoms with Crippen molar-refractivity contribution in [2.75, 3.05) is 5.32 Å². The lowest BCUT2D eigenvalue weighted by atomic mass is 10.2. The van der Waals surface area contributed by atoms with E-state index in [0.717, 1.165) is 21.5 Å². The van der Waals surface area contributed by atoms with E-state index in [-0.39, 0.29) is 5.02 Å². The van der Waals surface area contributed by atoms with Gasteiger partial charge in [-0.1, -0.05) is 41.9 Å². The van der Waals surface area contributed by atoms with Gasteiger partial charge in [0.25, 0.3) is 0 Å². The maximum Gasteiger partial charge on any atom is 0.143 e. The summed E-state index contributed by atoms with van der Waals surface area (Å²) in [5.74, 6) is 0.755. The molecule has 0 radical (unpaired) electrons. The van der Waals surface area contributed by atoms with E-state index in [4.69, 9.17) is 16.3 Å². The lowest BCUT2D eigenvalue weighted by Gasteiger charge is -2.12. The van der Waals surface area contributed by atoms with Crippen LogP contribution >= 0.6 is 27.5 Å². The molecular formula is C21H14BrClFN3O. The van der Waals surface area contributed by atoms with E-state index in [2.05, 4.69) is 31.2 Å². The molecule has 140 valence electrons. The smallest absolute Gasteiger partial charge is 0.143 e. The summed E-state index contributed by atoms with van der Waals surface area (Å²) in [5, 5.41) is 3.88. The molecule has 3 aromatic carbocycles. The summed E-state index contributed by atoms with van der Waals surface area (Å²) in [6.45, 7) is 0.479. The third-order valence-corrected chi connectivity index (χ3v) is 5.02. The van der Waals surface area contributed by atoms with Crippen LogP contribution in [-0.4, -0.2) is 9.97 Å². The molecule has 0 unspecified atom stereocenters. The van der Waals surface area contributed by atoms with Crippen molar-refractivity contribution in [2.45, 2.75) is 6.61 Å². The number of halogens is 3. The molecule has 4 nitrogen and oxygen atoms in total. The lowest BCUT2D eigenvalue weighted by Crippen LogP contribution is -1.98. The van der Waals surface area contributed by atoms with Crippen LogP contribution in [0.4, 0.5) is 15.9 Å². The van der Waals surface area contributed by atoms with E-state index in [9.17, 15) is 4.39 Å². The molecule has 4 rings (SSSR count). The van der Waals surface area contributed by atoms with Crippen molar-refractivity contribution >= 4 is 49.9 Å². The Balaban J connectivity index is 1.55. The Morgan fingerprint density at radius 3 is 2.64 bits per heavy atom. The number of ether oxygens (including phenoxy) is 1. The number of fused-ring (bicyclic) bond motifs is 1. The molecule has 0 saturated carbocycles. The standard InChI is InChI=1S/C21H14BrClFN3O/c22-16-8-14(6-7-20(16)28-11-13-4-2-1-3-5-13)27-21-15-9-17(23)18(24)10-19(15)25-12-26-21/h1-10,12H,11H2,(H,25,26,27). The number of nitrogens with one attached hydrogen (secondary N) is 1. The molecule has 0 amide bonds. The molecular weight excluding hydrogens is 445 g/mol. The van der Waals surface area contributed by atoms with Crippen LogP contribution in [0.1, 0.15) is 5.56 Å². The molecule has 0 fully saturated rings. The number of hydrogen-bond acceptors (Lipinski definition) is 4. The zero-order valence-corrected chi connectivity index (χ0v) is 16.8. The van der Waals surface area contributed by atoms with E-state index in [1.165, 1.54) is 18.5 Å².